The molecule has 1 amide bonds. The molecule has 2 rings (SSSR count). The second-order valence-electron chi connectivity index (χ2n) is 5.75. The highest BCUT2D eigenvalue weighted by Gasteiger charge is 2.17. The third kappa shape index (κ3) is 6.21. The van der Waals surface area contributed by atoms with E-state index in [0.717, 1.165) is 0 Å². The maximum absolute atomic E-state index is 12.3. The second-order valence-corrected chi connectivity index (χ2v) is 8.80. The van der Waals surface area contributed by atoms with Crippen molar-refractivity contribution < 1.29 is 17.9 Å². The number of ether oxygens (including phenoxy) is 1. The standard InChI is InChI=1S/C18H20BrClN2O4S/c1-3-10-21-27(24,25)15-7-5-14(6-8-15)22-18(23)12(2)26-17-9-4-13(20)11-16(17)19/h4-9,11-12,21H,3,10H2,1-2H3,(H,22,23). The number of anilines is 1. The van der Waals surface area contributed by atoms with Crippen LogP contribution in [0, 0.1) is 0 Å². The fraction of sp³-hybridized carbons (Fsp3) is 0.278. The van der Waals surface area contributed by atoms with Crippen molar-refractivity contribution in [2.75, 3.05) is 11.9 Å². The fourth-order valence-corrected chi connectivity index (χ4v) is 4.01. The number of sulfonamides is 1. The summed E-state index contributed by atoms with van der Waals surface area (Å²) in [5, 5.41) is 3.24. The monoisotopic (exact) mass is 474 g/mol. The van der Waals surface area contributed by atoms with E-state index in [1.165, 1.54) is 24.3 Å². The fourth-order valence-electron chi connectivity index (χ4n) is 2.10. The summed E-state index contributed by atoms with van der Waals surface area (Å²) < 4.78 is 32.9. The number of benzene rings is 2. The minimum atomic E-state index is -3.54. The zero-order valence-electron chi connectivity index (χ0n) is 14.8. The molecule has 1 atom stereocenters. The Balaban J connectivity index is 2.00. The summed E-state index contributed by atoms with van der Waals surface area (Å²) >= 11 is 9.22. The van der Waals surface area contributed by atoms with E-state index in [4.69, 9.17) is 16.3 Å². The van der Waals surface area contributed by atoms with Crippen LogP contribution in [0.5, 0.6) is 5.75 Å². The molecule has 2 aromatic carbocycles. The normalized spacial score (nSPS) is 12.4. The van der Waals surface area contributed by atoms with Gasteiger partial charge >= 0.3 is 0 Å². The van der Waals surface area contributed by atoms with Gasteiger partial charge in [-0.2, -0.15) is 0 Å². The smallest absolute Gasteiger partial charge is 0.265 e. The van der Waals surface area contributed by atoms with Gasteiger partial charge in [0.1, 0.15) is 5.75 Å². The zero-order chi connectivity index (χ0) is 20.0. The molecule has 0 spiro atoms. The van der Waals surface area contributed by atoms with Crippen molar-refractivity contribution in [3.05, 3.63) is 52.0 Å². The van der Waals surface area contributed by atoms with Gasteiger partial charge in [0.15, 0.2) is 6.10 Å². The minimum Gasteiger partial charge on any atom is -0.480 e. The van der Waals surface area contributed by atoms with Crippen LogP contribution in [0.4, 0.5) is 5.69 Å². The van der Waals surface area contributed by atoms with E-state index < -0.39 is 16.1 Å². The van der Waals surface area contributed by atoms with Crippen LogP contribution in [0.25, 0.3) is 0 Å². The molecule has 0 saturated carbocycles. The highest BCUT2D eigenvalue weighted by molar-refractivity contribution is 9.10. The molecule has 2 N–H and O–H groups in total. The first-order valence-electron chi connectivity index (χ1n) is 8.25. The Kier molecular flexibility index (Phi) is 7.67. The molecule has 27 heavy (non-hydrogen) atoms. The van der Waals surface area contributed by atoms with E-state index in [1.807, 2.05) is 6.92 Å². The van der Waals surface area contributed by atoms with E-state index in [2.05, 4.69) is 26.0 Å². The number of amides is 1. The molecule has 2 aromatic rings. The van der Waals surface area contributed by atoms with Crippen molar-refractivity contribution in [1.29, 1.82) is 0 Å². The van der Waals surface area contributed by atoms with E-state index in [9.17, 15) is 13.2 Å². The summed E-state index contributed by atoms with van der Waals surface area (Å²) in [6.45, 7) is 3.87. The average molecular weight is 476 g/mol. The zero-order valence-corrected chi connectivity index (χ0v) is 18.0. The van der Waals surface area contributed by atoms with Crippen molar-refractivity contribution in [1.82, 2.24) is 4.72 Å². The number of nitrogens with one attached hydrogen (secondary N) is 2. The molecule has 0 radical (unpaired) electrons. The summed E-state index contributed by atoms with van der Waals surface area (Å²) in [5.41, 5.74) is 0.472. The third-order valence-electron chi connectivity index (χ3n) is 3.54. The quantitative estimate of drug-likeness (QED) is 0.599. The summed E-state index contributed by atoms with van der Waals surface area (Å²) in [5.74, 6) is 0.127. The molecule has 0 bridgehead atoms. The number of carbonyl (C=O) groups excluding carboxylic acids is 1. The Morgan fingerprint density at radius 3 is 2.48 bits per heavy atom. The van der Waals surface area contributed by atoms with Crippen molar-refractivity contribution >= 4 is 49.1 Å². The van der Waals surface area contributed by atoms with Gasteiger partial charge < -0.3 is 10.1 Å². The number of rotatable bonds is 8. The van der Waals surface area contributed by atoms with Gasteiger partial charge in [0.25, 0.3) is 5.91 Å². The Bertz CT molecular complexity index is 904. The minimum absolute atomic E-state index is 0.142. The lowest BCUT2D eigenvalue weighted by atomic mass is 10.3. The van der Waals surface area contributed by atoms with Crippen LogP contribution >= 0.6 is 27.5 Å². The van der Waals surface area contributed by atoms with E-state index in [0.29, 0.717) is 33.9 Å². The van der Waals surface area contributed by atoms with Crippen LogP contribution in [0.1, 0.15) is 20.3 Å². The number of halogens is 2. The molecular weight excluding hydrogens is 456 g/mol. The maximum Gasteiger partial charge on any atom is 0.265 e. The molecule has 1 unspecified atom stereocenters. The lowest BCUT2D eigenvalue weighted by Crippen LogP contribution is -2.30. The summed E-state index contributed by atoms with van der Waals surface area (Å²) in [6, 6.07) is 10.9. The molecule has 0 aromatic heterocycles. The largest absolute Gasteiger partial charge is 0.480 e. The van der Waals surface area contributed by atoms with Gasteiger partial charge in [0, 0.05) is 17.3 Å². The van der Waals surface area contributed by atoms with E-state index in [1.54, 1.807) is 25.1 Å². The van der Waals surface area contributed by atoms with Crippen molar-refractivity contribution in [3.63, 3.8) is 0 Å². The molecule has 0 aliphatic rings. The first-order valence-corrected chi connectivity index (χ1v) is 10.9. The predicted molar refractivity (Wildman–Crippen MR) is 110 cm³/mol. The molecule has 0 fully saturated rings. The lowest BCUT2D eigenvalue weighted by molar-refractivity contribution is -0.122. The SMILES string of the molecule is CCCNS(=O)(=O)c1ccc(NC(=O)C(C)Oc2ccc(Cl)cc2Br)cc1. The van der Waals surface area contributed by atoms with Crippen LogP contribution in [-0.2, 0) is 14.8 Å². The van der Waals surface area contributed by atoms with Crippen LogP contribution < -0.4 is 14.8 Å². The Morgan fingerprint density at radius 1 is 1.22 bits per heavy atom. The molecule has 0 saturated heterocycles. The van der Waals surface area contributed by atoms with Crippen LogP contribution in [-0.4, -0.2) is 27.0 Å². The molecule has 146 valence electrons. The van der Waals surface area contributed by atoms with Crippen molar-refractivity contribution in [2.24, 2.45) is 0 Å². The van der Waals surface area contributed by atoms with Crippen molar-refractivity contribution in [2.45, 2.75) is 31.3 Å². The first-order chi connectivity index (χ1) is 12.7. The highest BCUT2D eigenvalue weighted by Crippen LogP contribution is 2.29. The molecule has 6 nitrogen and oxygen atoms in total. The molecular formula is C18H20BrClN2O4S. The van der Waals surface area contributed by atoms with Crippen LogP contribution in [0.15, 0.2) is 51.8 Å². The van der Waals surface area contributed by atoms with Gasteiger partial charge in [-0.1, -0.05) is 18.5 Å². The maximum atomic E-state index is 12.3. The van der Waals surface area contributed by atoms with E-state index in [-0.39, 0.29) is 10.8 Å². The molecule has 0 aliphatic heterocycles. The Labute approximate surface area is 172 Å². The van der Waals surface area contributed by atoms with Gasteiger partial charge in [0.2, 0.25) is 10.0 Å². The summed E-state index contributed by atoms with van der Waals surface area (Å²) in [7, 11) is -3.54. The lowest BCUT2D eigenvalue weighted by Gasteiger charge is -2.16. The molecule has 9 heteroatoms. The topological polar surface area (TPSA) is 84.5 Å². The highest BCUT2D eigenvalue weighted by atomic mass is 79.9. The van der Waals surface area contributed by atoms with Gasteiger partial charge in [0.05, 0.1) is 9.37 Å². The van der Waals surface area contributed by atoms with E-state index >= 15 is 0 Å². The number of hydrogen-bond donors (Lipinski definition) is 2. The number of hydrogen-bond acceptors (Lipinski definition) is 4. The van der Waals surface area contributed by atoms with Gasteiger partial charge in [-0.15, -0.1) is 0 Å². The third-order valence-corrected chi connectivity index (χ3v) is 5.87. The second kappa shape index (κ2) is 9.54. The summed E-state index contributed by atoms with van der Waals surface area (Å²) in [6.07, 6.45) is -0.0632. The number of carbonyl (C=O) groups is 1. The average Bonchev–Trinajstić information content (AvgIpc) is 2.62. The van der Waals surface area contributed by atoms with Gasteiger partial charge in [-0.05, 0) is 71.7 Å². The van der Waals surface area contributed by atoms with Crippen molar-refractivity contribution in [3.8, 4) is 5.75 Å². The van der Waals surface area contributed by atoms with Crippen LogP contribution in [0.2, 0.25) is 5.02 Å². The predicted octanol–water partition coefficient (Wildman–Crippen LogP) is 4.20. The Morgan fingerprint density at radius 2 is 1.89 bits per heavy atom. The first kappa shape index (κ1) is 21.7. The molecule has 0 aliphatic carbocycles. The van der Waals surface area contributed by atoms with Gasteiger partial charge in [-0.3, -0.25) is 4.79 Å². The summed E-state index contributed by atoms with van der Waals surface area (Å²) in [4.78, 5) is 12.5. The Hall–Kier alpha value is -1.61. The van der Waals surface area contributed by atoms with Gasteiger partial charge in [-0.25, -0.2) is 13.1 Å². The molecule has 0 heterocycles. The van der Waals surface area contributed by atoms with Crippen LogP contribution in [0.3, 0.4) is 0 Å².